The summed E-state index contributed by atoms with van der Waals surface area (Å²) in [5, 5.41) is 12.9. The topological polar surface area (TPSA) is 91.0 Å². The van der Waals surface area contributed by atoms with E-state index >= 15 is 0 Å². The average molecular weight is 313 g/mol. The Balaban J connectivity index is 1.58. The lowest BCUT2D eigenvalue weighted by Gasteiger charge is -2.13. The van der Waals surface area contributed by atoms with Crippen LogP contribution in [0.1, 0.15) is 35.3 Å². The number of aromatic nitrogens is 3. The van der Waals surface area contributed by atoms with E-state index in [0.717, 1.165) is 31.5 Å². The quantitative estimate of drug-likeness (QED) is 0.877. The molecule has 7 nitrogen and oxygen atoms in total. The highest BCUT2D eigenvalue weighted by Crippen LogP contribution is 2.16. The first-order valence-electron chi connectivity index (χ1n) is 7.78. The number of benzene rings is 1. The Morgan fingerprint density at radius 1 is 1.13 bits per heavy atom. The van der Waals surface area contributed by atoms with Crippen molar-refractivity contribution in [1.29, 1.82) is 0 Å². The van der Waals surface area contributed by atoms with Crippen molar-refractivity contribution >= 4 is 17.6 Å². The van der Waals surface area contributed by atoms with E-state index in [1.54, 1.807) is 4.90 Å². The van der Waals surface area contributed by atoms with Gasteiger partial charge in [0.05, 0.1) is 0 Å². The molecule has 0 spiro atoms. The van der Waals surface area contributed by atoms with Crippen molar-refractivity contribution < 1.29 is 9.59 Å². The third kappa shape index (κ3) is 3.74. The SMILES string of the molecule is O=C(CCc1ccccc1)Nc1n[nH]nc1C(=O)N1CCCC1. The minimum atomic E-state index is -0.186. The lowest BCUT2D eigenvalue weighted by molar-refractivity contribution is -0.116. The van der Waals surface area contributed by atoms with Crippen LogP contribution in [0.3, 0.4) is 0 Å². The number of aromatic amines is 1. The Labute approximate surface area is 134 Å². The second kappa shape index (κ2) is 7.04. The van der Waals surface area contributed by atoms with Crippen LogP contribution < -0.4 is 5.32 Å². The Morgan fingerprint density at radius 3 is 2.61 bits per heavy atom. The van der Waals surface area contributed by atoms with Gasteiger partial charge in [0.15, 0.2) is 11.5 Å². The van der Waals surface area contributed by atoms with Crippen LogP contribution >= 0.6 is 0 Å². The summed E-state index contributed by atoms with van der Waals surface area (Å²) >= 11 is 0. The van der Waals surface area contributed by atoms with E-state index in [4.69, 9.17) is 0 Å². The molecular formula is C16H19N5O2. The van der Waals surface area contributed by atoms with Crippen molar-refractivity contribution in [3.05, 3.63) is 41.6 Å². The zero-order chi connectivity index (χ0) is 16.1. The molecule has 0 radical (unpaired) electrons. The number of carbonyl (C=O) groups is 2. The van der Waals surface area contributed by atoms with Crippen molar-refractivity contribution in [2.75, 3.05) is 18.4 Å². The molecule has 2 amide bonds. The van der Waals surface area contributed by atoms with Gasteiger partial charge in [0.1, 0.15) is 0 Å². The lowest BCUT2D eigenvalue weighted by Crippen LogP contribution is -2.29. The van der Waals surface area contributed by atoms with Crippen LogP contribution in [0.4, 0.5) is 5.82 Å². The van der Waals surface area contributed by atoms with Crippen molar-refractivity contribution in [2.45, 2.75) is 25.7 Å². The standard InChI is InChI=1S/C16H19N5O2/c22-13(9-8-12-6-2-1-3-7-12)17-15-14(18-20-19-15)16(23)21-10-4-5-11-21/h1-3,6-7H,4-5,8-11H2,(H2,17,18,19,20,22). The summed E-state index contributed by atoms with van der Waals surface area (Å²) in [7, 11) is 0. The first-order valence-corrected chi connectivity index (χ1v) is 7.78. The molecule has 3 rings (SSSR count). The molecule has 0 bridgehead atoms. The molecule has 1 aliphatic heterocycles. The van der Waals surface area contributed by atoms with Crippen LogP contribution in [0.25, 0.3) is 0 Å². The number of nitrogens with zero attached hydrogens (tertiary/aromatic N) is 3. The molecule has 1 aromatic carbocycles. The van der Waals surface area contributed by atoms with E-state index < -0.39 is 0 Å². The summed E-state index contributed by atoms with van der Waals surface area (Å²) in [5.74, 6) is -0.159. The highest BCUT2D eigenvalue weighted by molar-refractivity contribution is 6.01. The van der Waals surface area contributed by atoms with Crippen LogP contribution in [-0.4, -0.2) is 45.2 Å². The van der Waals surface area contributed by atoms with E-state index in [1.165, 1.54) is 0 Å². The third-order valence-electron chi connectivity index (χ3n) is 3.89. The van der Waals surface area contributed by atoms with Gasteiger partial charge in [-0.25, -0.2) is 0 Å². The number of rotatable bonds is 5. The predicted molar refractivity (Wildman–Crippen MR) is 84.9 cm³/mol. The fourth-order valence-electron chi connectivity index (χ4n) is 2.63. The van der Waals surface area contributed by atoms with Gasteiger partial charge in [-0.3, -0.25) is 9.59 Å². The van der Waals surface area contributed by atoms with Crippen molar-refractivity contribution in [2.24, 2.45) is 0 Å². The van der Waals surface area contributed by atoms with Crippen LogP contribution in [-0.2, 0) is 11.2 Å². The summed E-state index contributed by atoms with van der Waals surface area (Å²) < 4.78 is 0. The van der Waals surface area contributed by atoms with Crippen LogP contribution in [0.2, 0.25) is 0 Å². The molecule has 2 heterocycles. The molecule has 1 saturated heterocycles. The minimum Gasteiger partial charge on any atom is -0.337 e. The van der Waals surface area contributed by atoms with Crippen molar-refractivity contribution in [1.82, 2.24) is 20.3 Å². The van der Waals surface area contributed by atoms with Gasteiger partial charge < -0.3 is 10.2 Å². The monoisotopic (exact) mass is 313 g/mol. The summed E-state index contributed by atoms with van der Waals surface area (Å²) in [6.45, 7) is 1.46. The van der Waals surface area contributed by atoms with E-state index in [9.17, 15) is 9.59 Å². The highest BCUT2D eigenvalue weighted by atomic mass is 16.2. The molecule has 1 aromatic heterocycles. The van der Waals surface area contributed by atoms with Crippen LogP contribution in [0, 0.1) is 0 Å². The van der Waals surface area contributed by atoms with Gasteiger partial charge in [-0.15, -0.1) is 10.2 Å². The fraction of sp³-hybridized carbons (Fsp3) is 0.375. The van der Waals surface area contributed by atoms with Crippen LogP contribution in [0.15, 0.2) is 30.3 Å². The van der Waals surface area contributed by atoms with Crippen molar-refractivity contribution in [3.63, 3.8) is 0 Å². The number of H-pyrrole nitrogens is 1. The number of amides is 2. The molecule has 2 aromatic rings. The largest absolute Gasteiger partial charge is 0.337 e. The normalized spacial score (nSPS) is 14.0. The smallest absolute Gasteiger partial charge is 0.278 e. The molecule has 2 N–H and O–H groups in total. The molecule has 120 valence electrons. The van der Waals surface area contributed by atoms with Gasteiger partial charge in [0.2, 0.25) is 5.91 Å². The maximum atomic E-state index is 12.3. The predicted octanol–water partition coefficient (Wildman–Crippen LogP) is 1.61. The second-order valence-corrected chi connectivity index (χ2v) is 5.55. The molecule has 0 aliphatic carbocycles. The maximum Gasteiger partial charge on any atom is 0.278 e. The summed E-state index contributed by atoms with van der Waals surface area (Å²) in [6, 6.07) is 9.78. The Bertz CT molecular complexity index is 677. The summed E-state index contributed by atoms with van der Waals surface area (Å²) in [6.07, 6.45) is 2.97. The number of anilines is 1. The second-order valence-electron chi connectivity index (χ2n) is 5.55. The third-order valence-corrected chi connectivity index (χ3v) is 3.89. The number of carbonyl (C=O) groups excluding carboxylic acids is 2. The van der Waals surface area contributed by atoms with Gasteiger partial charge in [-0.1, -0.05) is 30.3 Å². The molecule has 0 saturated carbocycles. The van der Waals surface area contributed by atoms with E-state index in [-0.39, 0.29) is 23.3 Å². The van der Waals surface area contributed by atoms with E-state index in [2.05, 4.69) is 20.7 Å². The molecule has 23 heavy (non-hydrogen) atoms. The number of hydrogen-bond donors (Lipinski definition) is 2. The van der Waals surface area contributed by atoms with Gasteiger partial charge in [-0.2, -0.15) is 5.21 Å². The first kappa shape index (κ1) is 15.2. The van der Waals surface area contributed by atoms with Gasteiger partial charge in [0, 0.05) is 19.5 Å². The fourth-order valence-corrected chi connectivity index (χ4v) is 2.63. The molecule has 0 unspecified atom stereocenters. The van der Waals surface area contributed by atoms with Crippen LogP contribution in [0.5, 0.6) is 0 Å². The van der Waals surface area contributed by atoms with Gasteiger partial charge in [-0.05, 0) is 24.8 Å². The van der Waals surface area contributed by atoms with E-state index in [0.29, 0.717) is 12.8 Å². The molecule has 1 aliphatic rings. The zero-order valence-corrected chi connectivity index (χ0v) is 12.8. The van der Waals surface area contributed by atoms with Crippen molar-refractivity contribution in [3.8, 4) is 0 Å². The number of nitrogens with one attached hydrogen (secondary N) is 2. The summed E-state index contributed by atoms with van der Waals surface area (Å²) in [4.78, 5) is 26.1. The molecule has 7 heteroatoms. The maximum absolute atomic E-state index is 12.3. The highest BCUT2D eigenvalue weighted by Gasteiger charge is 2.25. The Morgan fingerprint density at radius 2 is 1.87 bits per heavy atom. The number of aryl methyl sites for hydroxylation is 1. The average Bonchev–Trinajstić information content (AvgIpc) is 3.25. The van der Waals surface area contributed by atoms with E-state index in [1.807, 2.05) is 30.3 Å². The lowest BCUT2D eigenvalue weighted by atomic mass is 10.1. The minimum absolute atomic E-state index is 0.181. The van der Waals surface area contributed by atoms with Gasteiger partial charge in [0.25, 0.3) is 5.91 Å². The van der Waals surface area contributed by atoms with Gasteiger partial charge >= 0.3 is 0 Å². The first-order chi connectivity index (χ1) is 11.2. The Kier molecular flexibility index (Phi) is 4.65. The zero-order valence-electron chi connectivity index (χ0n) is 12.8. The molecular weight excluding hydrogens is 294 g/mol. The molecule has 1 fully saturated rings. The Hall–Kier alpha value is -2.70. The number of hydrogen-bond acceptors (Lipinski definition) is 4. The number of likely N-dealkylation sites (tertiary alicyclic amines) is 1. The molecule has 0 atom stereocenters. The summed E-state index contributed by atoms with van der Waals surface area (Å²) in [5.41, 5.74) is 1.27.